The lowest BCUT2D eigenvalue weighted by molar-refractivity contribution is -0.141. The van der Waals surface area contributed by atoms with E-state index in [0.717, 1.165) is 25.1 Å². The summed E-state index contributed by atoms with van der Waals surface area (Å²) in [6.07, 6.45) is -1.86. The number of ketones is 1. The lowest BCUT2D eigenvalue weighted by Crippen LogP contribution is -2.39. The molecule has 0 aliphatic carbocycles. The van der Waals surface area contributed by atoms with E-state index in [2.05, 4.69) is 9.97 Å². The van der Waals surface area contributed by atoms with Crippen LogP contribution in [0.3, 0.4) is 0 Å². The van der Waals surface area contributed by atoms with Gasteiger partial charge in [0.25, 0.3) is 0 Å². The molecule has 1 fully saturated rings. The molecule has 19 heavy (non-hydrogen) atoms. The molecule has 1 saturated heterocycles. The second-order valence-electron chi connectivity index (χ2n) is 4.64. The normalized spacial score (nSPS) is 20.4. The predicted octanol–water partition coefficient (Wildman–Crippen LogP) is 2.30. The third kappa shape index (κ3) is 3.21. The van der Waals surface area contributed by atoms with E-state index in [1.807, 2.05) is 0 Å². The second kappa shape index (κ2) is 5.14. The van der Waals surface area contributed by atoms with E-state index in [1.165, 1.54) is 6.92 Å². The summed E-state index contributed by atoms with van der Waals surface area (Å²) in [5, 5.41) is 0. The van der Waals surface area contributed by atoms with Crippen molar-refractivity contribution in [2.45, 2.75) is 25.9 Å². The Balaban J connectivity index is 2.20. The zero-order chi connectivity index (χ0) is 14.0. The van der Waals surface area contributed by atoms with Crippen LogP contribution < -0.4 is 4.90 Å². The average Bonchev–Trinajstić information content (AvgIpc) is 2.38. The molecule has 0 N–H and O–H groups in total. The van der Waals surface area contributed by atoms with Crippen LogP contribution in [0.2, 0.25) is 0 Å². The number of halogens is 3. The first-order valence-electron chi connectivity index (χ1n) is 6.03. The predicted molar refractivity (Wildman–Crippen MR) is 62.7 cm³/mol. The highest BCUT2D eigenvalue weighted by molar-refractivity contribution is 5.79. The lowest BCUT2D eigenvalue weighted by Gasteiger charge is -2.31. The van der Waals surface area contributed by atoms with Gasteiger partial charge in [0.2, 0.25) is 5.95 Å². The Hall–Kier alpha value is -1.66. The third-order valence-electron chi connectivity index (χ3n) is 3.21. The number of alkyl halides is 3. The Morgan fingerprint density at radius 2 is 2.21 bits per heavy atom. The number of Topliss-reactive ketones (excluding diaryl/α,β-unsaturated/α-hetero) is 1. The minimum atomic E-state index is -4.48. The van der Waals surface area contributed by atoms with Gasteiger partial charge >= 0.3 is 6.18 Å². The average molecular weight is 273 g/mol. The van der Waals surface area contributed by atoms with E-state index in [0.29, 0.717) is 13.1 Å². The van der Waals surface area contributed by atoms with Crippen molar-refractivity contribution in [3.63, 3.8) is 0 Å². The fourth-order valence-electron chi connectivity index (χ4n) is 2.15. The van der Waals surface area contributed by atoms with Crippen LogP contribution in [0, 0.1) is 5.92 Å². The molecular formula is C12H14F3N3O. The first-order valence-corrected chi connectivity index (χ1v) is 6.03. The molecule has 7 heteroatoms. The third-order valence-corrected chi connectivity index (χ3v) is 3.21. The number of nitrogens with zero attached hydrogens (tertiary/aromatic N) is 3. The molecule has 0 aromatic carbocycles. The summed E-state index contributed by atoms with van der Waals surface area (Å²) in [4.78, 5) is 20.4. The number of anilines is 1. The first kappa shape index (κ1) is 13.8. The van der Waals surface area contributed by atoms with Crippen molar-refractivity contribution in [2.24, 2.45) is 5.92 Å². The standard InChI is InChI=1S/C12H14F3N3O/c1-8(19)9-3-2-6-18(7-9)11-16-5-4-10(17-11)12(13,14)15/h4-5,9H,2-3,6-7H2,1H3. The highest BCUT2D eigenvalue weighted by Gasteiger charge is 2.34. The van der Waals surface area contributed by atoms with Gasteiger partial charge in [0, 0.05) is 25.2 Å². The summed E-state index contributed by atoms with van der Waals surface area (Å²) in [5.41, 5.74) is -0.956. The van der Waals surface area contributed by atoms with Gasteiger partial charge in [-0.25, -0.2) is 9.97 Å². The smallest absolute Gasteiger partial charge is 0.340 e. The molecule has 4 nitrogen and oxygen atoms in total. The molecular weight excluding hydrogens is 259 g/mol. The van der Waals surface area contributed by atoms with Gasteiger partial charge in [0.1, 0.15) is 11.5 Å². The summed E-state index contributed by atoms with van der Waals surface area (Å²) in [6.45, 7) is 2.46. The highest BCUT2D eigenvalue weighted by atomic mass is 19.4. The van der Waals surface area contributed by atoms with Crippen molar-refractivity contribution in [2.75, 3.05) is 18.0 Å². The van der Waals surface area contributed by atoms with Crippen molar-refractivity contribution < 1.29 is 18.0 Å². The Morgan fingerprint density at radius 1 is 1.47 bits per heavy atom. The molecule has 0 bridgehead atoms. The van der Waals surface area contributed by atoms with Gasteiger partial charge in [0.15, 0.2) is 0 Å². The van der Waals surface area contributed by atoms with Crippen LogP contribution in [0.25, 0.3) is 0 Å². The largest absolute Gasteiger partial charge is 0.433 e. The molecule has 104 valence electrons. The van der Waals surface area contributed by atoms with E-state index < -0.39 is 11.9 Å². The summed E-state index contributed by atoms with van der Waals surface area (Å²) in [7, 11) is 0. The Morgan fingerprint density at radius 3 is 2.84 bits per heavy atom. The zero-order valence-corrected chi connectivity index (χ0v) is 10.4. The van der Waals surface area contributed by atoms with Crippen LogP contribution in [-0.2, 0) is 11.0 Å². The van der Waals surface area contributed by atoms with Crippen LogP contribution in [-0.4, -0.2) is 28.8 Å². The Labute approximate surface area is 108 Å². The van der Waals surface area contributed by atoms with Gasteiger partial charge in [-0.15, -0.1) is 0 Å². The van der Waals surface area contributed by atoms with Gasteiger partial charge in [-0.05, 0) is 25.8 Å². The topological polar surface area (TPSA) is 46.1 Å². The van der Waals surface area contributed by atoms with Gasteiger partial charge in [-0.1, -0.05) is 0 Å². The SMILES string of the molecule is CC(=O)C1CCCN(c2nccc(C(F)(F)F)n2)C1. The van der Waals surface area contributed by atoms with E-state index in [1.54, 1.807) is 4.90 Å². The molecule has 1 aliphatic heterocycles. The fraction of sp³-hybridized carbons (Fsp3) is 0.583. The molecule has 1 unspecified atom stereocenters. The number of aromatic nitrogens is 2. The fourth-order valence-corrected chi connectivity index (χ4v) is 2.15. The summed E-state index contributed by atoms with van der Waals surface area (Å²) in [5.74, 6) is -0.0515. The molecule has 1 atom stereocenters. The number of hydrogen-bond donors (Lipinski definition) is 0. The molecule has 1 aromatic heterocycles. The molecule has 2 heterocycles. The van der Waals surface area contributed by atoms with Crippen LogP contribution >= 0.6 is 0 Å². The molecule has 0 amide bonds. The zero-order valence-electron chi connectivity index (χ0n) is 10.4. The summed E-state index contributed by atoms with van der Waals surface area (Å²) < 4.78 is 37.7. The van der Waals surface area contributed by atoms with E-state index >= 15 is 0 Å². The van der Waals surface area contributed by atoms with Crippen LogP contribution in [0.4, 0.5) is 19.1 Å². The highest BCUT2D eigenvalue weighted by Crippen LogP contribution is 2.29. The maximum atomic E-state index is 12.6. The minimum absolute atomic E-state index is 0.0424. The van der Waals surface area contributed by atoms with Gasteiger partial charge in [0.05, 0.1) is 0 Å². The van der Waals surface area contributed by atoms with Crippen LogP contribution in [0.1, 0.15) is 25.5 Å². The molecule has 0 saturated carbocycles. The Kier molecular flexibility index (Phi) is 3.73. The van der Waals surface area contributed by atoms with Crippen molar-refractivity contribution in [3.05, 3.63) is 18.0 Å². The molecule has 1 aromatic rings. The molecule has 1 aliphatic rings. The van der Waals surface area contributed by atoms with Crippen molar-refractivity contribution >= 4 is 11.7 Å². The van der Waals surface area contributed by atoms with Gasteiger partial charge in [-0.2, -0.15) is 13.2 Å². The lowest BCUT2D eigenvalue weighted by atomic mass is 9.95. The van der Waals surface area contributed by atoms with E-state index in [-0.39, 0.29) is 17.6 Å². The molecule has 0 spiro atoms. The van der Waals surface area contributed by atoms with Crippen LogP contribution in [0.15, 0.2) is 12.3 Å². The van der Waals surface area contributed by atoms with Crippen molar-refractivity contribution in [1.29, 1.82) is 0 Å². The quantitative estimate of drug-likeness (QED) is 0.829. The number of hydrogen-bond acceptors (Lipinski definition) is 4. The van der Waals surface area contributed by atoms with Gasteiger partial charge < -0.3 is 4.90 Å². The van der Waals surface area contributed by atoms with Crippen molar-refractivity contribution in [3.8, 4) is 0 Å². The number of piperidine rings is 1. The van der Waals surface area contributed by atoms with Crippen LogP contribution in [0.5, 0.6) is 0 Å². The van der Waals surface area contributed by atoms with Crippen molar-refractivity contribution in [1.82, 2.24) is 9.97 Å². The molecule has 2 rings (SSSR count). The number of carbonyl (C=O) groups excluding carboxylic acids is 1. The summed E-state index contributed by atoms with van der Waals surface area (Å²) in [6, 6.07) is 0.843. The monoisotopic (exact) mass is 273 g/mol. The summed E-state index contributed by atoms with van der Waals surface area (Å²) >= 11 is 0. The number of rotatable bonds is 2. The first-order chi connectivity index (χ1) is 8.88. The Bertz CT molecular complexity index is 476. The second-order valence-corrected chi connectivity index (χ2v) is 4.64. The molecule has 0 radical (unpaired) electrons. The van der Waals surface area contributed by atoms with E-state index in [9.17, 15) is 18.0 Å². The minimum Gasteiger partial charge on any atom is -0.340 e. The van der Waals surface area contributed by atoms with E-state index in [4.69, 9.17) is 0 Å². The maximum Gasteiger partial charge on any atom is 0.433 e. The van der Waals surface area contributed by atoms with Gasteiger partial charge in [-0.3, -0.25) is 4.79 Å². The number of carbonyl (C=O) groups is 1. The maximum absolute atomic E-state index is 12.6.